The summed E-state index contributed by atoms with van der Waals surface area (Å²) in [5.74, 6) is 1.88. The van der Waals surface area contributed by atoms with E-state index in [4.69, 9.17) is 24.6 Å². The first kappa shape index (κ1) is 40.6. The van der Waals surface area contributed by atoms with Crippen molar-refractivity contribution in [1.82, 2.24) is 25.1 Å². The summed E-state index contributed by atoms with van der Waals surface area (Å²) in [6.07, 6.45) is 20.1. The van der Waals surface area contributed by atoms with Gasteiger partial charge in [-0.05, 0) is 79.1 Å². The number of rotatable bonds is 17. The Hall–Kier alpha value is -2.63. The molecule has 3 heterocycles. The first-order chi connectivity index (χ1) is 25.0. The van der Waals surface area contributed by atoms with Gasteiger partial charge in [-0.25, -0.2) is 0 Å². The zero-order chi connectivity index (χ0) is 37.3. The average Bonchev–Trinajstić information content (AvgIpc) is 3.11. The maximum absolute atomic E-state index is 9.78. The lowest BCUT2D eigenvalue weighted by molar-refractivity contribution is -0.239. The molecule has 11 nitrogen and oxygen atoms in total. The Bertz CT molecular complexity index is 1200. The van der Waals surface area contributed by atoms with Crippen molar-refractivity contribution in [3.8, 4) is 0 Å². The highest BCUT2D eigenvalue weighted by atomic mass is 16.7. The molecule has 1 aromatic rings. The van der Waals surface area contributed by atoms with Gasteiger partial charge in [0.1, 0.15) is 0 Å². The van der Waals surface area contributed by atoms with Crippen LogP contribution in [0.4, 0.5) is 17.8 Å². The zero-order valence-electron chi connectivity index (χ0n) is 33.7. The molecule has 0 bridgehead atoms. The molecule has 2 N–H and O–H groups in total. The van der Waals surface area contributed by atoms with Gasteiger partial charge in [-0.2, -0.15) is 15.0 Å². The van der Waals surface area contributed by atoms with E-state index in [0.717, 1.165) is 102 Å². The van der Waals surface area contributed by atoms with Gasteiger partial charge in [0.25, 0.3) is 0 Å². The summed E-state index contributed by atoms with van der Waals surface area (Å²) in [4.78, 5) is 33.6. The van der Waals surface area contributed by atoms with Crippen molar-refractivity contribution in [3.05, 3.63) is 24.6 Å². The van der Waals surface area contributed by atoms with Crippen LogP contribution >= 0.6 is 0 Å². The number of nitrogens with one attached hydrogen (secondary N) is 1. The van der Waals surface area contributed by atoms with Gasteiger partial charge in [0, 0.05) is 56.0 Å². The summed E-state index contributed by atoms with van der Waals surface area (Å²) < 4.78 is 0. The smallest absolute Gasteiger partial charge is 0.232 e. The second kappa shape index (κ2) is 18.6. The highest BCUT2D eigenvalue weighted by Gasteiger charge is 2.44. The Balaban J connectivity index is 1.44. The standard InChI is InChI=1S/C41H72N8O3/c1-9-11-24-46(33-27-31(3)48(40(5,6)29-33)51-35-19-15-13-16-20-35)38-43-37(42-23-26-50)44-39(45-38)47(25-12-10-2)34-28-32(4)49(41(7,8)30-34)52-36-21-17-14-18-22-36/h33-36,50H,3-4,9-30H2,1-2,5-8H3,(H,42,43,44,45). The maximum atomic E-state index is 9.78. The van der Waals surface area contributed by atoms with Crippen molar-refractivity contribution in [2.24, 2.45) is 0 Å². The Morgan fingerprint density at radius 3 is 1.50 bits per heavy atom. The highest BCUT2D eigenvalue weighted by Crippen LogP contribution is 2.41. The lowest BCUT2D eigenvalue weighted by Crippen LogP contribution is -2.56. The molecule has 52 heavy (non-hydrogen) atoms. The molecule has 294 valence electrons. The third-order valence-electron chi connectivity index (χ3n) is 11.6. The van der Waals surface area contributed by atoms with Gasteiger partial charge in [-0.3, -0.25) is 19.8 Å². The van der Waals surface area contributed by atoms with Crippen LogP contribution in [-0.4, -0.2) is 91.8 Å². The fourth-order valence-electron chi connectivity index (χ4n) is 8.95. The van der Waals surface area contributed by atoms with Crippen LogP contribution in [-0.2, 0) is 9.68 Å². The zero-order valence-corrected chi connectivity index (χ0v) is 33.7. The first-order valence-corrected chi connectivity index (χ1v) is 20.9. The van der Waals surface area contributed by atoms with Crippen LogP contribution in [0.3, 0.4) is 0 Å². The molecule has 2 aliphatic heterocycles. The highest BCUT2D eigenvalue weighted by molar-refractivity contribution is 5.47. The molecule has 4 aliphatic rings. The van der Waals surface area contributed by atoms with E-state index < -0.39 is 0 Å². The Morgan fingerprint density at radius 1 is 0.712 bits per heavy atom. The van der Waals surface area contributed by atoms with E-state index in [1.165, 1.54) is 38.5 Å². The monoisotopic (exact) mass is 725 g/mol. The molecule has 2 saturated carbocycles. The van der Waals surface area contributed by atoms with E-state index in [2.05, 4.69) is 79.9 Å². The molecule has 4 fully saturated rings. The van der Waals surface area contributed by atoms with Gasteiger partial charge in [0.15, 0.2) is 0 Å². The van der Waals surface area contributed by atoms with Crippen LogP contribution < -0.4 is 15.1 Å². The molecule has 0 amide bonds. The van der Waals surface area contributed by atoms with Crippen LogP contribution in [0.25, 0.3) is 0 Å². The van der Waals surface area contributed by atoms with Gasteiger partial charge in [-0.1, -0.05) is 78.4 Å². The summed E-state index contributed by atoms with van der Waals surface area (Å²) in [5, 5.41) is 17.3. The SMILES string of the molecule is C=C1CC(N(CCCC)c2nc(NCCO)nc(N(CCCC)C3CC(=C)N(OC4CCCCC4)C(C)(C)C3)n2)CC(C)(C)N1OC1CCCCC1. The molecule has 2 aliphatic carbocycles. The van der Waals surface area contributed by atoms with E-state index in [0.29, 0.717) is 24.4 Å². The predicted octanol–water partition coefficient (Wildman–Crippen LogP) is 8.53. The van der Waals surface area contributed by atoms with Crippen LogP contribution in [0.5, 0.6) is 0 Å². The van der Waals surface area contributed by atoms with Crippen molar-refractivity contribution in [1.29, 1.82) is 0 Å². The quantitative estimate of drug-likeness (QED) is 0.162. The number of hydrogen-bond acceptors (Lipinski definition) is 11. The van der Waals surface area contributed by atoms with Crippen LogP contribution in [0.2, 0.25) is 0 Å². The second-order valence-corrected chi connectivity index (χ2v) is 17.2. The van der Waals surface area contributed by atoms with Crippen LogP contribution in [0.1, 0.15) is 157 Å². The lowest BCUT2D eigenvalue weighted by Gasteiger charge is -2.51. The molecule has 0 radical (unpaired) electrons. The van der Waals surface area contributed by atoms with Crippen molar-refractivity contribution in [2.75, 3.05) is 41.4 Å². The van der Waals surface area contributed by atoms with Crippen molar-refractivity contribution in [3.63, 3.8) is 0 Å². The topological polar surface area (TPSA) is 102 Å². The van der Waals surface area contributed by atoms with E-state index in [-0.39, 0.29) is 42.0 Å². The third-order valence-corrected chi connectivity index (χ3v) is 11.6. The van der Waals surface area contributed by atoms with Gasteiger partial charge in [-0.15, -0.1) is 0 Å². The summed E-state index contributed by atoms with van der Waals surface area (Å²) in [6, 6.07) is 0.313. The fourth-order valence-corrected chi connectivity index (χ4v) is 8.95. The van der Waals surface area contributed by atoms with E-state index >= 15 is 0 Å². The summed E-state index contributed by atoms with van der Waals surface area (Å²) in [5.41, 5.74) is 1.58. The summed E-state index contributed by atoms with van der Waals surface area (Å²) >= 11 is 0. The first-order valence-electron chi connectivity index (χ1n) is 20.9. The number of aliphatic hydroxyl groups is 1. The van der Waals surface area contributed by atoms with Crippen molar-refractivity contribution in [2.45, 2.75) is 192 Å². The third kappa shape index (κ3) is 10.3. The minimum Gasteiger partial charge on any atom is -0.395 e. The van der Waals surface area contributed by atoms with E-state index in [1.807, 2.05) is 0 Å². The number of nitrogens with zero attached hydrogens (tertiary/aromatic N) is 7. The molecule has 0 spiro atoms. The molecular weight excluding hydrogens is 653 g/mol. The van der Waals surface area contributed by atoms with Crippen molar-refractivity contribution < 1.29 is 14.8 Å². The fraction of sp³-hybridized carbons (Fsp3) is 0.829. The molecule has 2 unspecified atom stereocenters. The Labute approximate surface area is 315 Å². The molecule has 5 rings (SSSR count). The van der Waals surface area contributed by atoms with Gasteiger partial charge in [0.2, 0.25) is 17.8 Å². The number of hydroxylamine groups is 4. The van der Waals surface area contributed by atoms with E-state index in [9.17, 15) is 5.11 Å². The normalized spacial score (nSPS) is 24.3. The predicted molar refractivity (Wildman–Crippen MR) is 212 cm³/mol. The number of aliphatic hydroxyl groups excluding tert-OH is 1. The summed E-state index contributed by atoms with van der Waals surface area (Å²) in [6.45, 7) is 24.8. The Kier molecular flexibility index (Phi) is 14.5. The number of hydrogen-bond donors (Lipinski definition) is 2. The van der Waals surface area contributed by atoms with Crippen LogP contribution in [0, 0.1) is 0 Å². The molecular formula is C41H72N8O3. The number of piperidine rings is 2. The number of unbranched alkanes of at least 4 members (excludes halogenated alkanes) is 2. The van der Waals surface area contributed by atoms with Gasteiger partial charge < -0.3 is 20.2 Å². The molecule has 0 aromatic carbocycles. The van der Waals surface area contributed by atoms with Crippen LogP contribution in [0.15, 0.2) is 24.6 Å². The van der Waals surface area contributed by atoms with Crippen molar-refractivity contribution >= 4 is 17.8 Å². The minimum atomic E-state index is -0.234. The largest absolute Gasteiger partial charge is 0.395 e. The summed E-state index contributed by atoms with van der Waals surface area (Å²) in [7, 11) is 0. The second-order valence-electron chi connectivity index (χ2n) is 17.2. The number of anilines is 3. The minimum absolute atomic E-state index is 0.00359. The molecule has 2 saturated heterocycles. The maximum Gasteiger partial charge on any atom is 0.232 e. The average molecular weight is 725 g/mol. The van der Waals surface area contributed by atoms with Gasteiger partial charge in [0.05, 0.1) is 29.9 Å². The lowest BCUT2D eigenvalue weighted by atomic mass is 9.86. The molecule has 11 heteroatoms. The molecule has 1 aromatic heterocycles. The Morgan fingerprint density at radius 2 is 1.13 bits per heavy atom. The molecule has 2 atom stereocenters. The van der Waals surface area contributed by atoms with Gasteiger partial charge >= 0.3 is 0 Å². The number of aromatic nitrogens is 3. The van der Waals surface area contributed by atoms with E-state index in [1.54, 1.807) is 0 Å².